The van der Waals surface area contributed by atoms with E-state index in [0.29, 0.717) is 0 Å². The number of primary amides is 1. The van der Waals surface area contributed by atoms with Crippen LogP contribution < -0.4 is 5.73 Å². The van der Waals surface area contributed by atoms with Crippen LogP contribution in [0.5, 0.6) is 0 Å². The summed E-state index contributed by atoms with van der Waals surface area (Å²) in [7, 11) is 0. The highest BCUT2D eigenvalue weighted by atomic mass is 16.1. The molecule has 1 atom stereocenters. The third-order valence-electron chi connectivity index (χ3n) is 2.22. The lowest BCUT2D eigenvalue weighted by Crippen LogP contribution is -2.24. The molecule has 1 rings (SSSR count). The number of hydrogen-bond acceptors (Lipinski definition) is 1. The minimum Gasteiger partial charge on any atom is -0.369 e. The topological polar surface area (TPSA) is 43.1 Å². The molecule has 1 aromatic rings. The van der Waals surface area contributed by atoms with Gasteiger partial charge in [0.25, 0.3) is 0 Å². The lowest BCUT2D eigenvalue weighted by Gasteiger charge is -2.09. The second-order valence-corrected chi connectivity index (χ2v) is 3.20. The molecule has 0 aliphatic carbocycles. The summed E-state index contributed by atoms with van der Waals surface area (Å²) >= 11 is 0. The molecule has 1 aromatic carbocycles. The summed E-state index contributed by atoms with van der Waals surface area (Å²) in [6, 6.07) is 9.96. The Labute approximate surface area is 78.8 Å². The number of benzene rings is 1. The van der Waals surface area contributed by atoms with Crippen LogP contribution in [0, 0.1) is 5.92 Å². The Morgan fingerprint density at radius 3 is 2.46 bits per heavy atom. The van der Waals surface area contributed by atoms with E-state index in [1.165, 1.54) is 5.56 Å². The van der Waals surface area contributed by atoms with Crippen LogP contribution in [0.4, 0.5) is 0 Å². The fraction of sp³-hybridized carbons (Fsp3) is 0.364. The molecular formula is C11H15NO. The fourth-order valence-corrected chi connectivity index (χ4v) is 1.34. The van der Waals surface area contributed by atoms with Crippen molar-refractivity contribution in [1.29, 1.82) is 0 Å². The molecule has 0 unspecified atom stereocenters. The van der Waals surface area contributed by atoms with Crippen molar-refractivity contribution in [3.8, 4) is 0 Å². The quantitative estimate of drug-likeness (QED) is 0.748. The number of nitrogens with two attached hydrogens (primary N) is 1. The highest BCUT2D eigenvalue weighted by Gasteiger charge is 2.12. The summed E-state index contributed by atoms with van der Waals surface area (Å²) in [4.78, 5) is 11.0. The zero-order valence-corrected chi connectivity index (χ0v) is 7.86. The van der Waals surface area contributed by atoms with E-state index in [1.807, 2.05) is 37.3 Å². The van der Waals surface area contributed by atoms with Gasteiger partial charge in [-0.25, -0.2) is 0 Å². The average molecular weight is 177 g/mol. The highest BCUT2D eigenvalue weighted by molar-refractivity contribution is 5.76. The number of carbonyl (C=O) groups excluding carboxylic acids is 1. The largest absolute Gasteiger partial charge is 0.369 e. The summed E-state index contributed by atoms with van der Waals surface area (Å²) in [5.74, 6) is -0.228. The zero-order valence-electron chi connectivity index (χ0n) is 7.86. The van der Waals surface area contributed by atoms with Crippen molar-refractivity contribution in [2.24, 2.45) is 11.7 Å². The van der Waals surface area contributed by atoms with Gasteiger partial charge in [0.15, 0.2) is 0 Å². The maximum Gasteiger partial charge on any atom is 0.220 e. The van der Waals surface area contributed by atoms with Gasteiger partial charge in [-0.05, 0) is 18.4 Å². The lowest BCUT2D eigenvalue weighted by molar-refractivity contribution is -0.121. The molecule has 0 saturated carbocycles. The summed E-state index contributed by atoms with van der Waals surface area (Å²) in [5.41, 5.74) is 6.43. The Morgan fingerprint density at radius 1 is 1.38 bits per heavy atom. The van der Waals surface area contributed by atoms with Crippen LogP contribution in [0.2, 0.25) is 0 Å². The van der Waals surface area contributed by atoms with Crippen LogP contribution in [0.15, 0.2) is 30.3 Å². The highest BCUT2D eigenvalue weighted by Crippen LogP contribution is 2.11. The molecule has 0 radical (unpaired) electrons. The lowest BCUT2D eigenvalue weighted by atomic mass is 9.96. The van der Waals surface area contributed by atoms with E-state index in [-0.39, 0.29) is 11.8 Å². The average Bonchev–Trinajstić information content (AvgIpc) is 2.15. The van der Waals surface area contributed by atoms with Crippen LogP contribution in [0.25, 0.3) is 0 Å². The van der Waals surface area contributed by atoms with E-state index in [1.54, 1.807) is 0 Å². The first-order valence-corrected chi connectivity index (χ1v) is 4.57. The zero-order chi connectivity index (χ0) is 9.68. The second kappa shape index (κ2) is 4.65. The van der Waals surface area contributed by atoms with Crippen LogP contribution >= 0.6 is 0 Å². The number of rotatable bonds is 4. The molecule has 2 heteroatoms. The smallest absolute Gasteiger partial charge is 0.220 e. The van der Waals surface area contributed by atoms with E-state index in [0.717, 1.165) is 12.8 Å². The van der Waals surface area contributed by atoms with E-state index in [9.17, 15) is 4.79 Å². The molecule has 0 aliphatic rings. The third-order valence-corrected chi connectivity index (χ3v) is 2.22. The van der Waals surface area contributed by atoms with Gasteiger partial charge in [-0.1, -0.05) is 37.3 Å². The summed E-state index contributed by atoms with van der Waals surface area (Å²) in [6.45, 7) is 1.98. The van der Waals surface area contributed by atoms with Gasteiger partial charge in [-0.3, -0.25) is 4.79 Å². The SMILES string of the molecule is CC[C@@H](Cc1ccccc1)C(N)=O. The maximum absolute atomic E-state index is 11.0. The van der Waals surface area contributed by atoms with E-state index in [2.05, 4.69) is 0 Å². The molecule has 0 aliphatic heterocycles. The summed E-state index contributed by atoms with van der Waals surface area (Å²) in [6.07, 6.45) is 1.57. The molecule has 1 amide bonds. The second-order valence-electron chi connectivity index (χ2n) is 3.20. The first-order valence-electron chi connectivity index (χ1n) is 4.57. The number of amides is 1. The molecular weight excluding hydrogens is 162 g/mol. The molecule has 0 fully saturated rings. The van der Waals surface area contributed by atoms with E-state index >= 15 is 0 Å². The molecule has 2 nitrogen and oxygen atoms in total. The van der Waals surface area contributed by atoms with Crippen molar-refractivity contribution in [1.82, 2.24) is 0 Å². The molecule has 0 heterocycles. The Bertz CT molecular complexity index is 269. The fourth-order valence-electron chi connectivity index (χ4n) is 1.34. The summed E-state index contributed by atoms with van der Waals surface area (Å²) in [5, 5.41) is 0. The molecule has 0 bridgehead atoms. The molecule has 70 valence electrons. The number of hydrogen-bond donors (Lipinski definition) is 1. The Hall–Kier alpha value is -1.31. The molecule has 0 aromatic heterocycles. The van der Waals surface area contributed by atoms with Crippen LogP contribution in [0.3, 0.4) is 0 Å². The normalized spacial score (nSPS) is 12.4. The Morgan fingerprint density at radius 2 is 2.00 bits per heavy atom. The van der Waals surface area contributed by atoms with Crippen molar-refractivity contribution in [2.45, 2.75) is 19.8 Å². The van der Waals surface area contributed by atoms with Gasteiger partial charge in [0.2, 0.25) is 5.91 Å². The van der Waals surface area contributed by atoms with Gasteiger partial charge < -0.3 is 5.73 Å². The molecule has 0 saturated heterocycles. The van der Waals surface area contributed by atoms with Crippen molar-refractivity contribution in [2.75, 3.05) is 0 Å². The Balaban J connectivity index is 2.62. The minimum absolute atomic E-state index is 0.0256. The van der Waals surface area contributed by atoms with Crippen molar-refractivity contribution >= 4 is 5.91 Å². The molecule has 13 heavy (non-hydrogen) atoms. The maximum atomic E-state index is 11.0. The Kier molecular flexibility index (Phi) is 3.50. The van der Waals surface area contributed by atoms with E-state index < -0.39 is 0 Å². The minimum atomic E-state index is -0.202. The van der Waals surface area contributed by atoms with Crippen molar-refractivity contribution in [3.05, 3.63) is 35.9 Å². The first-order chi connectivity index (χ1) is 6.24. The number of carbonyl (C=O) groups is 1. The van der Waals surface area contributed by atoms with Crippen LogP contribution in [-0.4, -0.2) is 5.91 Å². The molecule has 0 spiro atoms. The third kappa shape index (κ3) is 2.90. The predicted molar refractivity (Wildman–Crippen MR) is 53.1 cm³/mol. The van der Waals surface area contributed by atoms with Crippen LogP contribution in [-0.2, 0) is 11.2 Å². The van der Waals surface area contributed by atoms with Gasteiger partial charge in [-0.15, -0.1) is 0 Å². The van der Waals surface area contributed by atoms with Crippen molar-refractivity contribution < 1.29 is 4.79 Å². The van der Waals surface area contributed by atoms with E-state index in [4.69, 9.17) is 5.73 Å². The summed E-state index contributed by atoms with van der Waals surface area (Å²) < 4.78 is 0. The van der Waals surface area contributed by atoms with Gasteiger partial charge in [0.05, 0.1) is 0 Å². The predicted octanol–water partition coefficient (Wildman–Crippen LogP) is 1.74. The van der Waals surface area contributed by atoms with Gasteiger partial charge in [0.1, 0.15) is 0 Å². The van der Waals surface area contributed by atoms with Gasteiger partial charge >= 0.3 is 0 Å². The molecule has 2 N–H and O–H groups in total. The van der Waals surface area contributed by atoms with Gasteiger partial charge in [-0.2, -0.15) is 0 Å². The van der Waals surface area contributed by atoms with Crippen molar-refractivity contribution in [3.63, 3.8) is 0 Å². The first kappa shape index (κ1) is 9.78. The monoisotopic (exact) mass is 177 g/mol. The standard InChI is InChI=1S/C11H15NO/c1-2-10(11(12)13)8-9-6-4-3-5-7-9/h3-7,10H,2,8H2,1H3,(H2,12,13)/t10-/m0/s1. The van der Waals surface area contributed by atoms with Gasteiger partial charge in [0, 0.05) is 5.92 Å². The van der Waals surface area contributed by atoms with Crippen LogP contribution in [0.1, 0.15) is 18.9 Å².